The smallest absolute Gasteiger partial charge is 0.281 e. The molecule has 0 aromatic carbocycles. The molecule has 0 bridgehead atoms. The molecule has 1 saturated carbocycles. The molecular weight excluding hydrogens is 328 g/mol. The molecule has 0 radical (unpaired) electrons. The molecule has 3 heterocycles. The van der Waals surface area contributed by atoms with Crippen LogP contribution in [0.4, 0.5) is 14.7 Å². The summed E-state index contributed by atoms with van der Waals surface area (Å²) in [5.74, 6) is -3.02. The van der Waals surface area contributed by atoms with E-state index in [0.29, 0.717) is 6.61 Å². The van der Waals surface area contributed by atoms with Crippen molar-refractivity contribution in [3.8, 4) is 5.88 Å². The number of ether oxygens (including phenoxy) is 2. The summed E-state index contributed by atoms with van der Waals surface area (Å²) in [5, 5.41) is 19.9. The molecule has 2 aromatic rings. The normalized spacial score (nSPS) is 40.8. The van der Waals surface area contributed by atoms with Gasteiger partial charge in [0.15, 0.2) is 23.5 Å². The Morgan fingerprint density at radius 2 is 2.17 bits per heavy atom. The highest BCUT2D eigenvalue weighted by Gasteiger charge is 2.95. The number of hydrogen-bond donors (Lipinski definition) is 3. The number of rotatable bonds is 3. The summed E-state index contributed by atoms with van der Waals surface area (Å²) in [6.07, 6.45) is -2.39. The molecule has 2 aromatic heterocycles. The second-order valence-electron chi connectivity index (χ2n) is 6.02. The first-order chi connectivity index (χ1) is 11.2. The average Bonchev–Trinajstić information content (AvgIpc) is 2.81. The third kappa shape index (κ3) is 1.50. The topological polar surface area (TPSA) is 129 Å². The molecular formula is C13H15F2N5O4. The van der Waals surface area contributed by atoms with Crippen molar-refractivity contribution in [2.24, 2.45) is 0 Å². The van der Waals surface area contributed by atoms with Crippen LogP contribution in [0, 0.1) is 0 Å². The summed E-state index contributed by atoms with van der Waals surface area (Å²) in [7, 11) is 0. The maximum atomic E-state index is 14.6. The summed E-state index contributed by atoms with van der Waals surface area (Å²) in [6.45, 7) is 3.07. The summed E-state index contributed by atoms with van der Waals surface area (Å²) < 4.78 is 40.4. The van der Waals surface area contributed by atoms with Crippen LogP contribution < -0.4 is 10.5 Å². The molecule has 1 unspecified atom stereocenters. The van der Waals surface area contributed by atoms with E-state index in [1.807, 2.05) is 0 Å². The third-order valence-corrected chi connectivity index (χ3v) is 4.58. The summed E-state index contributed by atoms with van der Waals surface area (Å²) >= 11 is 0. The molecule has 0 amide bonds. The molecule has 1 aliphatic carbocycles. The van der Waals surface area contributed by atoms with E-state index in [1.165, 1.54) is 6.33 Å². The number of alkyl halides is 2. The van der Waals surface area contributed by atoms with E-state index >= 15 is 0 Å². The molecule has 1 saturated heterocycles. The molecule has 2 fully saturated rings. The van der Waals surface area contributed by atoms with Crippen LogP contribution in [0.2, 0.25) is 0 Å². The SMILES string of the molecule is CCOc1nc(N)nc2c1ncn2[C@@H]1O[C@]2(F)C(O)[C@]2(F)[C@@]1(C)O. The number of nitrogen functional groups attached to an aromatic ring is 1. The van der Waals surface area contributed by atoms with E-state index in [-0.39, 0.29) is 23.0 Å². The Morgan fingerprint density at radius 1 is 1.46 bits per heavy atom. The van der Waals surface area contributed by atoms with Gasteiger partial charge in [0, 0.05) is 0 Å². The second-order valence-corrected chi connectivity index (χ2v) is 6.02. The highest BCUT2D eigenvalue weighted by molar-refractivity contribution is 5.77. The first-order valence-corrected chi connectivity index (χ1v) is 7.27. The Morgan fingerprint density at radius 3 is 2.75 bits per heavy atom. The molecule has 4 N–H and O–H groups in total. The second kappa shape index (κ2) is 4.29. The molecule has 0 spiro atoms. The number of nitrogens with zero attached hydrogens (tertiary/aromatic N) is 4. The Bertz CT molecular complexity index is 845. The fourth-order valence-corrected chi connectivity index (χ4v) is 3.24. The van der Waals surface area contributed by atoms with Crippen LogP contribution in [0.25, 0.3) is 11.2 Å². The van der Waals surface area contributed by atoms with Crippen LogP contribution in [0.5, 0.6) is 5.88 Å². The Labute approximate surface area is 134 Å². The first kappa shape index (κ1) is 15.4. The van der Waals surface area contributed by atoms with Gasteiger partial charge in [-0.2, -0.15) is 9.97 Å². The molecule has 4 rings (SSSR count). The number of hydrogen-bond acceptors (Lipinski definition) is 8. The summed E-state index contributed by atoms with van der Waals surface area (Å²) in [5.41, 5.74) is 0.606. The van der Waals surface area contributed by atoms with Crippen molar-refractivity contribution in [3.05, 3.63) is 6.33 Å². The van der Waals surface area contributed by atoms with Crippen molar-refractivity contribution in [3.63, 3.8) is 0 Å². The van der Waals surface area contributed by atoms with Crippen molar-refractivity contribution >= 4 is 17.1 Å². The van der Waals surface area contributed by atoms with Crippen molar-refractivity contribution in [2.45, 2.75) is 43.3 Å². The van der Waals surface area contributed by atoms with Crippen LogP contribution >= 0.6 is 0 Å². The van der Waals surface area contributed by atoms with Gasteiger partial charge < -0.3 is 25.4 Å². The molecule has 11 heteroatoms. The quantitative estimate of drug-likeness (QED) is 0.701. The van der Waals surface area contributed by atoms with Crippen LogP contribution in [0.1, 0.15) is 20.1 Å². The van der Waals surface area contributed by atoms with E-state index in [2.05, 4.69) is 15.0 Å². The lowest BCUT2D eigenvalue weighted by atomic mass is 9.96. The van der Waals surface area contributed by atoms with E-state index in [4.69, 9.17) is 15.2 Å². The molecule has 130 valence electrons. The number of fused-ring (bicyclic) bond motifs is 2. The van der Waals surface area contributed by atoms with Crippen LogP contribution in [0.3, 0.4) is 0 Å². The highest BCUT2D eigenvalue weighted by Crippen LogP contribution is 2.70. The van der Waals surface area contributed by atoms with Gasteiger partial charge in [0.25, 0.3) is 5.85 Å². The zero-order chi connectivity index (χ0) is 17.5. The van der Waals surface area contributed by atoms with Gasteiger partial charge in [-0.05, 0) is 13.8 Å². The lowest BCUT2D eigenvalue weighted by Crippen LogP contribution is -2.46. The minimum Gasteiger partial charge on any atom is -0.476 e. The van der Waals surface area contributed by atoms with Crippen molar-refractivity contribution in [1.29, 1.82) is 0 Å². The van der Waals surface area contributed by atoms with E-state index < -0.39 is 29.5 Å². The van der Waals surface area contributed by atoms with Crippen molar-refractivity contribution < 1.29 is 28.5 Å². The molecule has 24 heavy (non-hydrogen) atoms. The van der Waals surface area contributed by atoms with Crippen molar-refractivity contribution in [1.82, 2.24) is 19.5 Å². The van der Waals surface area contributed by atoms with Gasteiger partial charge in [-0.1, -0.05) is 0 Å². The first-order valence-electron chi connectivity index (χ1n) is 7.27. The van der Waals surface area contributed by atoms with Crippen LogP contribution in [-0.2, 0) is 4.74 Å². The zero-order valence-electron chi connectivity index (χ0n) is 12.8. The van der Waals surface area contributed by atoms with Gasteiger partial charge in [0.05, 0.1) is 12.9 Å². The molecule has 1 aliphatic heterocycles. The fourth-order valence-electron chi connectivity index (χ4n) is 3.24. The van der Waals surface area contributed by atoms with Gasteiger partial charge in [-0.25, -0.2) is 13.8 Å². The molecule has 9 nitrogen and oxygen atoms in total. The number of aliphatic hydroxyl groups is 2. The maximum Gasteiger partial charge on any atom is 0.281 e. The molecule has 2 aliphatic rings. The number of anilines is 1. The van der Waals surface area contributed by atoms with Crippen LogP contribution in [-0.4, -0.2) is 59.6 Å². The Hall–Kier alpha value is -2.11. The van der Waals surface area contributed by atoms with E-state index in [9.17, 15) is 19.0 Å². The lowest BCUT2D eigenvalue weighted by Gasteiger charge is -2.30. The Balaban J connectivity index is 1.84. The predicted octanol–water partition coefficient (Wildman–Crippen LogP) is -0.164. The fraction of sp³-hybridized carbons (Fsp3) is 0.615. The number of halogens is 2. The van der Waals surface area contributed by atoms with Gasteiger partial charge in [-0.15, -0.1) is 0 Å². The number of aliphatic hydroxyl groups excluding tert-OH is 1. The van der Waals surface area contributed by atoms with E-state index in [0.717, 1.165) is 11.5 Å². The maximum absolute atomic E-state index is 14.6. The monoisotopic (exact) mass is 343 g/mol. The predicted molar refractivity (Wildman–Crippen MR) is 75.3 cm³/mol. The van der Waals surface area contributed by atoms with Gasteiger partial charge in [0.1, 0.15) is 5.60 Å². The summed E-state index contributed by atoms with van der Waals surface area (Å²) in [6, 6.07) is 0. The van der Waals surface area contributed by atoms with Gasteiger partial charge >= 0.3 is 0 Å². The largest absolute Gasteiger partial charge is 0.476 e. The molecule has 5 atom stereocenters. The standard InChI is InChI=1S/C13H15F2N5O4/c1-3-23-7-5-6(18-10(16)19-7)20(4-17-5)9-11(2,22)12(14)8(21)13(12,15)24-9/h4,8-9,21-22H,3H2,1-2H3,(H2,16,18,19)/t8?,9-,11+,12+,13-/m1/s1. The Kier molecular flexibility index (Phi) is 2.76. The minimum absolute atomic E-state index is 0.0826. The average molecular weight is 343 g/mol. The number of imidazole rings is 1. The van der Waals surface area contributed by atoms with Crippen LogP contribution in [0.15, 0.2) is 6.33 Å². The zero-order valence-corrected chi connectivity index (χ0v) is 12.8. The number of aromatic nitrogens is 4. The van der Waals surface area contributed by atoms with Crippen molar-refractivity contribution in [2.75, 3.05) is 12.3 Å². The van der Waals surface area contributed by atoms with Gasteiger partial charge in [-0.3, -0.25) is 4.57 Å². The highest BCUT2D eigenvalue weighted by atomic mass is 19.2. The number of nitrogens with two attached hydrogens (primary N) is 1. The lowest BCUT2D eigenvalue weighted by molar-refractivity contribution is -0.177. The minimum atomic E-state index is -2.99. The summed E-state index contributed by atoms with van der Waals surface area (Å²) in [4.78, 5) is 11.9. The third-order valence-electron chi connectivity index (χ3n) is 4.58. The van der Waals surface area contributed by atoms with Gasteiger partial charge in [0.2, 0.25) is 17.5 Å². The van der Waals surface area contributed by atoms with E-state index in [1.54, 1.807) is 6.92 Å².